The van der Waals surface area contributed by atoms with Gasteiger partial charge < -0.3 is 5.11 Å². The summed E-state index contributed by atoms with van der Waals surface area (Å²) in [6, 6.07) is 7.06. The van der Waals surface area contributed by atoms with Crippen molar-refractivity contribution in [1.82, 2.24) is 14.8 Å². The number of nitrogens with one attached hydrogen (secondary N) is 1. The lowest BCUT2D eigenvalue weighted by Gasteiger charge is -2.19. The first kappa shape index (κ1) is 13.5. The fourth-order valence-electron chi connectivity index (χ4n) is 3.01. The SMILES string of the molecule is O=c1c2cnc3c(c2[nH]n1-c1ccc(Cl)cc1)CC(O)CC3. The van der Waals surface area contributed by atoms with Gasteiger partial charge in [0.2, 0.25) is 0 Å². The molecule has 1 unspecified atom stereocenters. The number of fused-ring (bicyclic) bond motifs is 3. The van der Waals surface area contributed by atoms with Crippen LogP contribution in [-0.4, -0.2) is 26.0 Å². The maximum atomic E-state index is 12.6. The van der Waals surface area contributed by atoms with Gasteiger partial charge in [-0.05, 0) is 37.1 Å². The van der Waals surface area contributed by atoms with E-state index in [4.69, 9.17) is 11.6 Å². The third kappa shape index (κ3) is 2.05. The Morgan fingerprint density at radius 1 is 1.32 bits per heavy atom. The van der Waals surface area contributed by atoms with Crippen LogP contribution in [0.4, 0.5) is 0 Å². The second-order valence-electron chi connectivity index (χ2n) is 5.60. The smallest absolute Gasteiger partial charge is 0.280 e. The van der Waals surface area contributed by atoms with Crippen molar-refractivity contribution in [1.29, 1.82) is 0 Å². The Morgan fingerprint density at radius 2 is 2.09 bits per heavy atom. The second kappa shape index (κ2) is 4.97. The van der Waals surface area contributed by atoms with Gasteiger partial charge >= 0.3 is 0 Å². The van der Waals surface area contributed by atoms with Gasteiger partial charge in [-0.3, -0.25) is 14.9 Å². The van der Waals surface area contributed by atoms with Crippen molar-refractivity contribution in [3.05, 3.63) is 57.1 Å². The molecule has 0 saturated carbocycles. The molecule has 0 amide bonds. The highest BCUT2D eigenvalue weighted by Gasteiger charge is 2.22. The number of hydrogen-bond donors (Lipinski definition) is 2. The predicted molar refractivity (Wildman–Crippen MR) is 84.7 cm³/mol. The van der Waals surface area contributed by atoms with Crippen molar-refractivity contribution in [2.75, 3.05) is 0 Å². The molecule has 0 radical (unpaired) electrons. The number of hydrogen-bond acceptors (Lipinski definition) is 3. The van der Waals surface area contributed by atoms with Gasteiger partial charge in [0.05, 0.1) is 22.7 Å². The van der Waals surface area contributed by atoms with E-state index < -0.39 is 0 Å². The number of H-pyrrole nitrogens is 1. The molecule has 22 heavy (non-hydrogen) atoms. The largest absolute Gasteiger partial charge is 0.393 e. The summed E-state index contributed by atoms with van der Waals surface area (Å²) in [6.45, 7) is 0. The molecule has 0 fully saturated rings. The zero-order valence-corrected chi connectivity index (χ0v) is 12.5. The summed E-state index contributed by atoms with van der Waals surface area (Å²) < 4.78 is 1.49. The average molecular weight is 316 g/mol. The van der Waals surface area contributed by atoms with Gasteiger partial charge in [-0.25, -0.2) is 4.68 Å². The molecule has 2 heterocycles. The lowest BCUT2D eigenvalue weighted by molar-refractivity contribution is 0.158. The van der Waals surface area contributed by atoms with Gasteiger partial charge in [-0.15, -0.1) is 0 Å². The fourth-order valence-corrected chi connectivity index (χ4v) is 3.14. The van der Waals surface area contributed by atoms with Gasteiger partial charge in [-0.1, -0.05) is 11.6 Å². The van der Waals surface area contributed by atoms with Crippen LogP contribution < -0.4 is 5.56 Å². The third-order valence-corrected chi connectivity index (χ3v) is 4.42. The Labute approximate surface area is 131 Å². The summed E-state index contributed by atoms with van der Waals surface area (Å²) in [4.78, 5) is 17.0. The van der Waals surface area contributed by atoms with Crippen molar-refractivity contribution in [3.8, 4) is 5.69 Å². The standard InChI is InChI=1S/C16H14ClN3O2/c17-9-1-3-10(4-2-9)20-16(22)13-8-18-14-6-5-11(21)7-12(14)15(13)19-20/h1-4,8,11,19,21H,5-7H2. The first-order valence-corrected chi connectivity index (χ1v) is 7.57. The summed E-state index contributed by atoms with van der Waals surface area (Å²) in [5.74, 6) is 0. The maximum Gasteiger partial charge on any atom is 0.280 e. The Morgan fingerprint density at radius 3 is 2.86 bits per heavy atom. The molecule has 0 aliphatic heterocycles. The van der Waals surface area contributed by atoms with Crippen LogP contribution in [0.15, 0.2) is 35.3 Å². The van der Waals surface area contributed by atoms with Crippen LogP contribution in [0, 0.1) is 0 Å². The number of halogens is 1. The molecule has 5 nitrogen and oxygen atoms in total. The van der Waals surface area contributed by atoms with Crippen molar-refractivity contribution in [2.45, 2.75) is 25.4 Å². The van der Waals surface area contributed by atoms with Crippen LogP contribution in [0.1, 0.15) is 17.7 Å². The molecule has 1 aliphatic carbocycles. The van der Waals surface area contributed by atoms with E-state index in [-0.39, 0.29) is 11.7 Å². The Kier molecular flexibility index (Phi) is 3.06. The second-order valence-corrected chi connectivity index (χ2v) is 6.03. The van der Waals surface area contributed by atoms with Crippen molar-refractivity contribution in [3.63, 3.8) is 0 Å². The van der Waals surface area contributed by atoms with E-state index in [0.29, 0.717) is 23.3 Å². The maximum absolute atomic E-state index is 12.6. The topological polar surface area (TPSA) is 70.9 Å². The van der Waals surface area contributed by atoms with Gasteiger partial charge in [-0.2, -0.15) is 0 Å². The van der Waals surface area contributed by atoms with Crippen LogP contribution >= 0.6 is 11.6 Å². The zero-order valence-electron chi connectivity index (χ0n) is 11.7. The van der Waals surface area contributed by atoms with Crippen molar-refractivity contribution < 1.29 is 5.11 Å². The van der Waals surface area contributed by atoms with Gasteiger partial charge in [0.15, 0.2) is 0 Å². The van der Waals surface area contributed by atoms with E-state index in [1.54, 1.807) is 30.5 Å². The minimum absolute atomic E-state index is 0.146. The monoisotopic (exact) mass is 315 g/mol. The van der Waals surface area contributed by atoms with Crippen molar-refractivity contribution in [2.24, 2.45) is 0 Å². The van der Waals surface area contributed by atoms with Gasteiger partial charge in [0.1, 0.15) is 0 Å². The number of pyridine rings is 1. The molecule has 0 bridgehead atoms. The lowest BCUT2D eigenvalue weighted by Crippen LogP contribution is -2.20. The quantitative estimate of drug-likeness (QED) is 0.723. The molecule has 2 aromatic heterocycles. The highest BCUT2D eigenvalue weighted by molar-refractivity contribution is 6.30. The number of nitrogens with zero attached hydrogens (tertiary/aromatic N) is 2. The van der Waals surface area contributed by atoms with E-state index in [1.165, 1.54) is 4.68 Å². The molecule has 1 atom stereocenters. The number of benzene rings is 1. The van der Waals surface area contributed by atoms with E-state index >= 15 is 0 Å². The molecular weight excluding hydrogens is 302 g/mol. The molecule has 4 rings (SSSR count). The summed E-state index contributed by atoms with van der Waals surface area (Å²) in [7, 11) is 0. The molecular formula is C16H14ClN3O2. The first-order chi connectivity index (χ1) is 10.6. The normalized spacial score (nSPS) is 17.6. The summed E-state index contributed by atoms with van der Waals surface area (Å²) in [5, 5.41) is 14.2. The zero-order chi connectivity index (χ0) is 15.3. The van der Waals surface area contributed by atoms with Crippen LogP contribution in [-0.2, 0) is 12.8 Å². The third-order valence-electron chi connectivity index (χ3n) is 4.16. The highest BCUT2D eigenvalue weighted by atomic mass is 35.5. The van der Waals surface area contributed by atoms with Crippen LogP contribution in [0.25, 0.3) is 16.6 Å². The van der Waals surface area contributed by atoms with E-state index in [1.807, 2.05) is 0 Å². The highest BCUT2D eigenvalue weighted by Crippen LogP contribution is 2.25. The van der Waals surface area contributed by atoms with Crippen LogP contribution in [0.3, 0.4) is 0 Å². The Hall–Kier alpha value is -2.11. The number of aromatic amines is 1. The molecule has 0 saturated heterocycles. The molecule has 112 valence electrons. The number of aryl methyl sites for hydroxylation is 1. The predicted octanol–water partition coefficient (Wildman–Crippen LogP) is 2.22. The molecule has 1 aromatic carbocycles. The van der Waals surface area contributed by atoms with Gasteiger partial charge in [0, 0.05) is 28.9 Å². The van der Waals surface area contributed by atoms with E-state index in [9.17, 15) is 9.90 Å². The average Bonchev–Trinajstić information content (AvgIpc) is 2.86. The summed E-state index contributed by atoms with van der Waals surface area (Å²) >= 11 is 5.89. The molecule has 0 spiro atoms. The molecule has 3 aromatic rings. The van der Waals surface area contributed by atoms with Gasteiger partial charge in [0.25, 0.3) is 5.56 Å². The molecule has 2 N–H and O–H groups in total. The Balaban J connectivity index is 1.95. The molecule has 1 aliphatic rings. The minimum Gasteiger partial charge on any atom is -0.393 e. The van der Waals surface area contributed by atoms with E-state index in [2.05, 4.69) is 10.1 Å². The number of aliphatic hydroxyl groups excluding tert-OH is 1. The number of aliphatic hydroxyl groups is 1. The summed E-state index contributed by atoms with van der Waals surface area (Å²) in [5.41, 5.74) is 3.25. The molecule has 6 heteroatoms. The Bertz CT molecular complexity index is 912. The number of rotatable bonds is 1. The van der Waals surface area contributed by atoms with Crippen LogP contribution in [0.2, 0.25) is 5.02 Å². The van der Waals surface area contributed by atoms with Crippen LogP contribution in [0.5, 0.6) is 0 Å². The van der Waals surface area contributed by atoms with E-state index in [0.717, 1.165) is 28.9 Å². The van der Waals surface area contributed by atoms with Crippen molar-refractivity contribution >= 4 is 22.5 Å². The summed E-state index contributed by atoms with van der Waals surface area (Å²) in [6.07, 6.45) is 3.23. The first-order valence-electron chi connectivity index (χ1n) is 7.19. The number of aromatic nitrogens is 3. The fraction of sp³-hybridized carbons (Fsp3) is 0.250. The lowest BCUT2D eigenvalue weighted by atomic mass is 9.92. The minimum atomic E-state index is -0.373.